The maximum absolute atomic E-state index is 12.8. The number of nitrogens with one attached hydrogen (secondary N) is 1. The van der Waals surface area contributed by atoms with Crippen molar-refractivity contribution in [3.63, 3.8) is 0 Å². The zero-order chi connectivity index (χ0) is 22.6. The summed E-state index contributed by atoms with van der Waals surface area (Å²) in [6, 6.07) is 11.0. The Bertz CT molecular complexity index is 1070. The molecule has 2 aromatic carbocycles. The molecule has 1 saturated heterocycles. The number of sulfonamides is 1. The highest BCUT2D eigenvalue weighted by atomic mass is 32.2. The van der Waals surface area contributed by atoms with Crippen LogP contribution in [-0.4, -0.2) is 44.3 Å². The molecule has 0 spiro atoms. The van der Waals surface area contributed by atoms with Gasteiger partial charge in [-0.15, -0.1) is 0 Å². The lowest BCUT2D eigenvalue weighted by Gasteiger charge is -2.25. The van der Waals surface area contributed by atoms with Crippen LogP contribution < -0.4 is 15.2 Å². The predicted molar refractivity (Wildman–Crippen MR) is 114 cm³/mol. The molecule has 11 heteroatoms. The third-order valence-corrected chi connectivity index (χ3v) is 6.13. The number of carbonyl (C=O) groups excluding carboxylic acids is 1. The molecule has 1 aliphatic heterocycles. The van der Waals surface area contributed by atoms with Crippen molar-refractivity contribution >= 4 is 27.3 Å². The molecule has 0 aliphatic carbocycles. The number of likely N-dealkylation sites (tertiary alicyclic amines) is 1. The van der Waals surface area contributed by atoms with E-state index in [1.165, 1.54) is 12.1 Å². The SMILES string of the molecule is COc1ccc(C2CCCN2C(=O)CCNc2ccc(S(N)(=O)=O)cc2[N+](=O)[O-])cc1. The van der Waals surface area contributed by atoms with Crippen molar-refractivity contribution in [2.24, 2.45) is 5.14 Å². The maximum Gasteiger partial charge on any atom is 0.293 e. The number of hydrogen-bond donors (Lipinski definition) is 2. The largest absolute Gasteiger partial charge is 0.497 e. The van der Waals surface area contributed by atoms with E-state index in [0.717, 1.165) is 30.2 Å². The van der Waals surface area contributed by atoms with E-state index in [0.29, 0.717) is 6.54 Å². The molecule has 1 unspecified atom stereocenters. The zero-order valence-corrected chi connectivity index (χ0v) is 17.8. The molecular formula is C20H24N4O6S. The monoisotopic (exact) mass is 448 g/mol. The van der Waals surface area contributed by atoms with Crippen LogP contribution >= 0.6 is 0 Å². The third kappa shape index (κ3) is 5.30. The van der Waals surface area contributed by atoms with Crippen LogP contribution in [0.1, 0.15) is 30.9 Å². The van der Waals surface area contributed by atoms with Gasteiger partial charge in [-0.05, 0) is 42.7 Å². The van der Waals surface area contributed by atoms with Crippen molar-refractivity contribution in [3.8, 4) is 5.75 Å². The van der Waals surface area contributed by atoms with Crippen molar-refractivity contribution in [1.82, 2.24) is 4.90 Å². The van der Waals surface area contributed by atoms with Crippen molar-refractivity contribution in [2.75, 3.05) is 25.5 Å². The van der Waals surface area contributed by atoms with Gasteiger partial charge in [0.05, 0.1) is 23.0 Å². The average Bonchev–Trinajstić information content (AvgIpc) is 3.23. The normalized spacial score (nSPS) is 16.2. The second-order valence-corrected chi connectivity index (χ2v) is 8.74. The summed E-state index contributed by atoms with van der Waals surface area (Å²) in [5.41, 5.74) is 0.739. The van der Waals surface area contributed by atoms with Crippen LogP contribution in [0.2, 0.25) is 0 Å². The summed E-state index contributed by atoms with van der Waals surface area (Å²) in [7, 11) is -2.46. The number of nitro benzene ring substituents is 1. The first kappa shape index (κ1) is 22.5. The summed E-state index contributed by atoms with van der Waals surface area (Å²) in [5, 5.41) is 19.2. The van der Waals surface area contributed by atoms with Crippen molar-refractivity contribution in [2.45, 2.75) is 30.2 Å². The van der Waals surface area contributed by atoms with Gasteiger partial charge in [-0.1, -0.05) is 12.1 Å². The first-order valence-corrected chi connectivity index (χ1v) is 11.2. The van der Waals surface area contributed by atoms with Crippen molar-refractivity contribution < 1.29 is 22.9 Å². The molecule has 1 atom stereocenters. The van der Waals surface area contributed by atoms with Gasteiger partial charge in [0.25, 0.3) is 5.69 Å². The smallest absolute Gasteiger partial charge is 0.293 e. The van der Waals surface area contributed by atoms with E-state index < -0.39 is 20.6 Å². The van der Waals surface area contributed by atoms with Crippen molar-refractivity contribution in [1.29, 1.82) is 0 Å². The van der Waals surface area contributed by atoms with Crippen LogP contribution in [0.4, 0.5) is 11.4 Å². The van der Waals surface area contributed by atoms with Gasteiger partial charge in [-0.3, -0.25) is 14.9 Å². The Kier molecular flexibility index (Phi) is 6.76. The van der Waals surface area contributed by atoms with Crippen LogP contribution in [0.15, 0.2) is 47.4 Å². The van der Waals surface area contributed by atoms with Crippen LogP contribution in [0, 0.1) is 10.1 Å². The second-order valence-electron chi connectivity index (χ2n) is 7.18. The molecule has 1 fully saturated rings. The fraction of sp³-hybridized carbons (Fsp3) is 0.350. The number of methoxy groups -OCH3 is 1. The number of amides is 1. The number of hydrogen-bond acceptors (Lipinski definition) is 7. The van der Waals surface area contributed by atoms with Gasteiger partial charge in [-0.25, -0.2) is 13.6 Å². The minimum absolute atomic E-state index is 0.0122. The summed E-state index contributed by atoms with van der Waals surface area (Å²) in [4.78, 5) is 24.9. The fourth-order valence-corrected chi connectivity index (χ4v) is 4.21. The van der Waals surface area contributed by atoms with Gasteiger partial charge in [0.1, 0.15) is 11.4 Å². The Hall–Kier alpha value is -3.18. The molecular weight excluding hydrogens is 424 g/mol. The number of nitrogens with zero attached hydrogens (tertiary/aromatic N) is 2. The summed E-state index contributed by atoms with van der Waals surface area (Å²) >= 11 is 0. The van der Waals surface area contributed by atoms with Gasteiger partial charge in [-0.2, -0.15) is 0 Å². The molecule has 166 valence electrons. The predicted octanol–water partition coefficient (Wildman–Crippen LogP) is 2.42. The lowest BCUT2D eigenvalue weighted by atomic mass is 10.0. The molecule has 3 N–H and O–H groups in total. The lowest BCUT2D eigenvalue weighted by Crippen LogP contribution is -2.31. The molecule has 1 aliphatic rings. The summed E-state index contributed by atoms with van der Waals surface area (Å²) in [5.74, 6) is 0.688. The Labute approximate surface area is 180 Å². The highest BCUT2D eigenvalue weighted by Crippen LogP contribution is 2.33. The number of benzene rings is 2. The Balaban J connectivity index is 1.64. The van der Waals surface area contributed by atoms with Crippen LogP contribution in [0.3, 0.4) is 0 Å². The molecule has 10 nitrogen and oxygen atoms in total. The minimum atomic E-state index is -4.06. The van der Waals surface area contributed by atoms with Crippen LogP contribution in [0.25, 0.3) is 0 Å². The van der Waals surface area contributed by atoms with Crippen molar-refractivity contribution in [3.05, 3.63) is 58.1 Å². The average molecular weight is 449 g/mol. The quantitative estimate of drug-likeness (QED) is 0.466. The number of rotatable bonds is 8. The summed E-state index contributed by atoms with van der Waals surface area (Å²) in [6.45, 7) is 0.818. The summed E-state index contributed by atoms with van der Waals surface area (Å²) < 4.78 is 28.0. The zero-order valence-electron chi connectivity index (χ0n) is 17.0. The highest BCUT2D eigenvalue weighted by Gasteiger charge is 2.29. The number of nitro groups is 1. The van der Waals surface area contributed by atoms with E-state index in [2.05, 4.69) is 5.32 Å². The maximum atomic E-state index is 12.8. The first-order valence-electron chi connectivity index (χ1n) is 9.69. The van der Waals surface area contributed by atoms with E-state index in [1.54, 1.807) is 7.11 Å². The van der Waals surface area contributed by atoms with Gasteiger partial charge in [0.15, 0.2) is 0 Å². The van der Waals surface area contributed by atoms with Crippen LogP contribution in [0.5, 0.6) is 5.75 Å². The standard InChI is InChI=1S/C20H24N4O6S/c1-30-15-6-4-14(5-7-15)18-3-2-12-23(18)20(25)10-11-22-17-9-8-16(31(21,28)29)13-19(17)24(26)27/h4-9,13,18,22H,2-3,10-12H2,1H3,(H2,21,28,29). The fourth-order valence-electron chi connectivity index (χ4n) is 3.67. The van der Waals surface area contributed by atoms with Gasteiger partial charge >= 0.3 is 0 Å². The van der Waals surface area contributed by atoms with Gasteiger partial charge in [0, 0.05) is 25.6 Å². The molecule has 31 heavy (non-hydrogen) atoms. The van der Waals surface area contributed by atoms with Crippen LogP contribution in [-0.2, 0) is 14.8 Å². The third-order valence-electron chi connectivity index (χ3n) is 5.22. The Morgan fingerprint density at radius 3 is 2.61 bits per heavy atom. The van der Waals surface area contributed by atoms with E-state index in [9.17, 15) is 23.3 Å². The second kappa shape index (κ2) is 9.31. The Morgan fingerprint density at radius 2 is 2.00 bits per heavy atom. The molecule has 2 aromatic rings. The highest BCUT2D eigenvalue weighted by molar-refractivity contribution is 7.89. The first-order chi connectivity index (χ1) is 14.7. The summed E-state index contributed by atoms with van der Waals surface area (Å²) in [6.07, 6.45) is 1.91. The number of carbonyl (C=O) groups is 1. The van der Waals surface area contributed by atoms with E-state index >= 15 is 0 Å². The molecule has 0 saturated carbocycles. The molecule has 1 heterocycles. The van der Waals surface area contributed by atoms with Gasteiger partial charge < -0.3 is 15.0 Å². The van der Waals surface area contributed by atoms with E-state index in [1.807, 2.05) is 29.2 Å². The molecule has 1 amide bonds. The molecule has 3 rings (SSSR count). The number of nitrogens with two attached hydrogens (primary N) is 1. The lowest BCUT2D eigenvalue weighted by molar-refractivity contribution is -0.384. The van der Waals surface area contributed by atoms with Gasteiger partial charge in [0.2, 0.25) is 15.9 Å². The molecule has 0 aromatic heterocycles. The molecule has 0 radical (unpaired) electrons. The number of anilines is 1. The van der Waals surface area contributed by atoms with E-state index in [4.69, 9.17) is 9.88 Å². The molecule has 0 bridgehead atoms. The van der Waals surface area contributed by atoms with E-state index in [-0.39, 0.29) is 35.5 Å². The Morgan fingerprint density at radius 1 is 1.29 bits per heavy atom. The minimum Gasteiger partial charge on any atom is -0.497 e. The number of ether oxygens (including phenoxy) is 1. The topological polar surface area (TPSA) is 145 Å². The number of primary sulfonamides is 1.